The van der Waals surface area contributed by atoms with Gasteiger partial charge in [-0.05, 0) is 19.8 Å². The van der Waals surface area contributed by atoms with Gasteiger partial charge in [0.25, 0.3) is 0 Å². The molecule has 2 atom stereocenters. The van der Waals surface area contributed by atoms with Gasteiger partial charge < -0.3 is 9.80 Å². The third kappa shape index (κ3) is 4.02. The Morgan fingerprint density at radius 1 is 1.08 bits per heavy atom. The Balaban J connectivity index is 1.81. The zero-order valence-corrected chi connectivity index (χ0v) is 16.0. The van der Waals surface area contributed by atoms with Gasteiger partial charge in [0.2, 0.25) is 5.95 Å². The molecule has 0 amide bonds. The van der Waals surface area contributed by atoms with Crippen LogP contribution in [0.15, 0.2) is 6.20 Å². The predicted molar refractivity (Wildman–Crippen MR) is 95.4 cm³/mol. The van der Waals surface area contributed by atoms with E-state index in [4.69, 9.17) is 0 Å². The van der Waals surface area contributed by atoms with E-state index in [2.05, 4.69) is 15.2 Å². The Labute approximate surface area is 148 Å². The highest BCUT2D eigenvalue weighted by atomic mass is 32.2. The first-order chi connectivity index (χ1) is 11.7. The van der Waals surface area contributed by atoms with Crippen LogP contribution in [0.2, 0.25) is 0 Å². The van der Waals surface area contributed by atoms with Crippen LogP contribution in [0.4, 0.5) is 11.8 Å². The smallest absolute Gasteiger partial charge is 0.247 e. The molecule has 2 unspecified atom stereocenters. The zero-order valence-electron chi connectivity index (χ0n) is 14.4. The molecule has 2 fully saturated rings. The second-order valence-electron chi connectivity index (χ2n) is 6.63. The molecule has 11 heteroatoms. The molecule has 3 rings (SSSR count). The van der Waals surface area contributed by atoms with E-state index in [9.17, 15) is 16.8 Å². The molecule has 0 N–H and O–H groups in total. The van der Waals surface area contributed by atoms with Crippen LogP contribution in [0.3, 0.4) is 0 Å². The fraction of sp³-hybridized carbons (Fsp3) is 0.786. The lowest BCUT2D eigenvalue weighted by Gasteiger charge is -2.28. The molecule has 1 aromatic heterocycles. The summed E-state index contributed by atoms with van der Waals surface area (Å²) in [6, 6.07) is -0.277. The van der Waals surface area contributed by atoms with Gasteiger partial charge in [0, 0.05) is 25.7 Å². The standard InChI is InChI=1S/C14H23N5O4S2/c1-3-19(12-5-7-25(22,23)10-12)14-16-13(8-15-17-14)18(2)11-4-6-24(20,21)9-11/h8,11-12H,3-7,9-10H2,1-2H3. The number of anilines is 2. The van der Waals surface area contributed by atoms with Crippen molar-refractivity contribution in [3.05, 3.63) is 6.20 Å². The van der Waals surface area contributed by atoms with Gasteiger partial charge in [-0.25, -0.2) is 16.8 Å². The lowest BCUT2D eigenvalue weighted by atomic mass is 10.2. The van der Waals surface area contributed by atoms with E-state index in [1.165, 1.54) is 6.20 Å². The number of nitrogens with zero attached hydrogens (tertiary/aromatic N) is 5. The summed E-state index contributed by atoms with van der Waals surface area (Å²) >= 11 is 0. The fourth-order valence-corrected chi connectivity index (χ4v) is 6.93. The molecule has 9 nitrogen and oxygen atoms in total. The van der Waals surface area contributed by atoms with Gasteiger partial charge in [0.15, 0.2) is 25.5 Å². The molecule has 25 heavy (non-hydrogen) atoms. The Hall–Kier alpha value is -1.49. The molecule has 0 aliphatic carbocycles. The average Bonchev–Trinajstić information content (AvgIpc) is 3.09. The molecule has 2 saturated heterocycles. The zero-order chi connectivity index (χ0) is 18.2. The maximum Gasteiger partial charge on any atom is 0.247 e. The highest BCUT2D eigenvalue weighted by molar-refractivity contribution is 7.91. The van der Waals surface area contributed by atoms with Gasteiger partial charge >= 0.3 is 0 Å². The third-order valence-corrected chi connectivity index (χ3v) is 8.40. The van der Waals surface area contributed by atoms with Crippen LogP contribution < -0.4 is 9.80 Å². The SMILES string of the molecule is CCN(c1nncc(N(C)C2CCS(=O)(=O)C2)n1)C1CCS(=O)(=O)C1. The molecule has 0 aromatic carbocycles. The van der Waals surface area contributed by atoms with Crippen LogP contribution >= 0.6 is 0 Å². The van der Waals surface area contributed by atoms with Gasteiger partial charge in [-0.3, -0.25) is 0 Å². The normalized spacial score (nSPS) is 27.3. The van der Waals surface area contributed by atoms with Crippen LogP contribution in [0.25, 0.3) is 0 Å². The number of aromatic nitrogens is 3. The van der Waals surface area contributed by atoms with Gasteiger partial charge in [0.05, 0.1) is 29.2 Å². The number of rotatable bonds is 5. The molecule has 1 aromatic rings. The Bertz CT molecular complexity index is 843. The first-order valence-corrected chi connectivity index (χ1v) is 11.9. The lowest BCUT2D eigenvalue weighted by molar-refractivity contribution is 0.598. The quantitative estimate of drug-likeness (QED) is 0.658. The topological polar surface area (TPSA) is 113 Å². The van der Waals surface area contributed by atoms with Crippen LogP contribution in [0.5, 0.6) is 0 Å². The summed E-state index contributed by atoms with van der Waals surface area (Å²) in [7, 11) is -4.19. The van der Waals surface area contributed by atoms with Gasteiger partial charge in [0.1, 0.15) is 0 Å². The maximum absolute atomic E-state index is 11.8. The molecule has 0 saturated carbocycles. The molecule has 2 aliphatic rings. The van der Waals surface area contributed by atoms with E-state index in [0.29, 0.717) is 31.2 Å². The Morgan fingerprint density at radius 2 is 1.68 bits per heavy atom. The van der Waals surface area contributed by atoms with E-state index in [1.807, 2.05) is 16.7 Å². The van der Waals surface area contributed by atoms with E-state index in [1.54, 1.807) is 7.05 Å². The van der Waals surface area contributed by atoms with Crippen molar-refractivity contribution >= 4 is 31.4 Å². The first-order valence-electron chi connectivity index (χ1n) is 8.31. The summed E-state index contributed by atoms with van der Waals surface area (Å²) in [5, 5.41) is 8.06. The fourth-order valence-electron chi connectivity index (χ4n) is 3.43. The lowest BCUT2D eigenvalue weighted by Crippen LogP contribution is -2.38. The second kappa shape index (κ2) is 6.67. The first kappa shape index (κ1) is 18.3. The predicted octanol–water partition coefficient (Wildman–Crippen LogP) is -0.492. The van der Waals surface area contributed by atoms with E-state index >= 15 is 0 Å². The van der Waals surface area contributed by atoms with Crippen LogP contribution in [-0.4, -0.2) is 80.7 Å². The van der Waals surface area contributed by atoms with Crippen LogP contribution in [0, 0.1) is 0 Å². The van der Waals surface area contributed by atoms with Crippen molar-refractivity contribution in [2.45, 2.75) is 31.8 Å². The molecule has 0 bridgehead atoms. The third-order valence-electron chi connectivity index (χ3n) is 4.90. The summed E-state index contributed by atoms with van der Waals surface area (Å²) in [6.07, 6.45) is 2.63. The van der Waals surface area contributed by atoms with Crippen LogP contribution in [0.1, 0.15) is 19.8 Å². The number of hydrogen-bond donors (Lipinski definition) is 0. The highest BCUT2D eigenvalue weighted by Gasteiger charge is 2.34. The van der Waals surface area contributed by atoms with E-state index in [0.717, 1.165) is 0 Å². The molecule has 140 valence electrons. The van der Waals surface area contributed by atoms with Crippen LogP contribution in [-0.2, 0) is 19.7 Å². The minimum atomic E-state index is -3.01. The molecule has 3 heterocycles. The molecule has 0 radical (unpaired) electrons. The van der Waals surface area contributed by atoms with E-state index < -0.39 is 19.7 Å². The number of sulfone groups is 2. The molecular weight excluding hydrogens is 366 g/mol. The van der Waals surface area contributed by atoms with E-state index in [-0.39, 0.29) is 35.1 Å². The highest BCUT2D eigenvalue weighted by Crippen LogP contribution is 2.24. The summed E-state index contributed by atoms with van der Waals surface area (Å²) in [5.74, 6) is 1.52. The monoisotopic (exact) mass is 389 g/mol. The summed E-state index contributed by atoms with van der Waals surface area (Å²) in [6.45, 7) is 2.50. The Kier molecular flexibility index (Phi) is 4.89. The summed E-state index contributed by atoms with van der Waals surface area (Å²) in [5.41, 5.74) is 0. The van der Waals surface area contributed by atoms with Crippen molar-refractivity contribution in [1.29, 1.82) is 0 Å². The molecular formula is C14H23N5O4S2. The van der Waals surface area contributed by atoms with Crippen molar-refractivity contribution in [2.75, 3.05) is 46.4 Å². The van der Waals surface area contributed by atoms with Crippen molar-refractivity contribution in [2.24, 2.45) is 0 Å². The average molecular weight is 390 g/mol. The van der Waals surface area contributed by atoms with Gasteiger partial charge in [-0.1, -0.05) is 0 Å². The van der Waals surface area contributed by atoms with Crippen molar-refractivity contribution in [1.82, 2.24) is 15.2 Å². The molecule has 2 aliphatic heterocycles. The van der Waals surface area contributed by atoms with Crippen molar-refractivity contribution < 1.29 is 16.8 Å². The largest absolute Gasteiger partial charge is 0.354 e. The van der Waals surface area contributed by atoms with Crippen molar-refractivity contribution in [3.63, 3.8) is 0 Å². The minimum absolute atomic E-state index is 0.102. The summed E-state index contributed by atoms with van der Waals surface area (Å²) < 4.78 is 46.9. The summed E-state index contributed by atoms with van der Waals surface area (Å²) in [4.78, 5) is 8.20. The number of hydrogen-bond acceptors (Lipinski definition) is 9. The van der Waals surface area contributed by atoms with Gasteiger partial charge in [-0.2, -0.15) is 10.1 Å². The second-order valence-corrected chi connectivity index (χ2v) is 11.1. The molecule has 0 spiro atoms. The maximum atomic E-state index is 11.8. The minimum Gasteiger partial charge on any atom is -0.354 e. The van der Waals surface area contributed by atoms with Crippen molar-refractivity contribution in [3.8, 4) is 0 Å². The Morgan fingerprint density at radius 3 is 2.20 bits per heavy atom. The van der Waals surface area contributed by atoms with Gasteiger partial charge in [-0.15, -0.1) is 5.10 Å².